The number of hydrogen-bond acceptors (Lipinski definition) is 4. The topological polar surface area (TPSA) is 52.3 Å². The van der Waals surface area contributed by atoms with Crippen molar-refractivity contribution in [1.29, 1.82) is 0 Å². The normalized spacial score (nSPS) is 14.4. The van der Waals surface area contributed by atoms with Gasteiger partial charge in [-0.1, -0.05) is 11.6 Å². The molecule has 1 aliphatic carbocycles. The van der Waals surface area contributed by atoms with Crippen LogP contribution in [0, 0.1) is 0 Å². The molecule has 0 atom stereocenters. The van der Waals surface area contributed by atoms with Crippen molar-refractivity contribution in [3.8, 4) is 11.5 Å². The molecule has 0 unspecified atom stereocenters. The first-order valence-electron chi connectivity index (χ1n) is 6.04. The number of rotatable bonds is 3. The van der Waals surface area contributed by atoms with Crippen LogP contribution in [0.5, 0.6) is 0 Å². The number of nitrogens with zero attached hydrogens (tertiary/aromatic N) is 1. The third-order valence-electron chi connectivity index (χ3n) is 3.07. The maximum absolute atomic E-state index is 11.7. The maximum atomic E-state index is 11.7. The van der Waals surface area contributed by atoms with Crippen LogP contribution in [0.4, 0.5) is 0 Å². The van der Waals surface area contributed by atoms with Gasteiger partial charge in [0, 0.05) is 16.5 Å². The molecule has 0 saturated heterocycles. The number of esters is 1. The lowest BCUT2D eigenvalue weighted by Crippen LogP contribution is -2.04. The van der Waals surface area contributed by atoms with Gasteiger partial charge in [-0.25, -0.2) is 9.78 Å². The Kier molecular flexibility index (Phi) is 3.03. The minimum absolute atomic E-state index is 0.287. The number of carbonyl (C=O) groups excluding carboxylic acids is 1. The number of carbonyl (C=O) groups is 1. The lowest BCUT2D eigenvalue weighted by atomic mass is 10.2. The molecule has 1 aromatic carbocycles. The molecule has 3 rings (SSSR count). The zero-order valence-corrected chi connectivity index (χ0v) is 11.1. The van der Waals surface area contributed by atoms with Gasteiger partial charge in [-0.05, 0) is 37.1 Å². The van der Waals surface area contributed by atoms with Crippen molar-refractivity contribution in [2.75, 3.05) is 7.11 Å². The maximum Gasteiger partial charge on any atom is 0.360 e. The van der Waals surface area contributed by atoms with Crippen LogP contribution in [-0.2, 0) is 4.74 Å². The van der Waals surface area contributed by atoms with Crippen molar-refractivity contribution < 1.29 is 13.9 Å². The summed E-state index contributed by atoms with van der Waals surface area (Å²) in [5.41, 5.74) is 1.08. The van der Waals surface area contributed by atoms with E-state index in [4.69, 9.17) is 20.8 Å². The van der Waals surface area contributed by atoms with Crippen molar-refractivity contribution in [2.24, 2.45) is 0 Å². The molecule has 0 aliphatic heterocycles. The fourth-order valence-electron chi connectivity index (χ4n) is 1.91. The average Bonchev–Trinajstić information content (AvgIpc) is 3.18. The molecule has 1 aromatic heterocycles. The second-order valence-corrected chi connectivity index (χ2v) is 4.94. The summed E-state index contributed by atoms with van der Waals surface area (Å²) in [5, 5.41) is 0.644. The molecule has 1 heterocycles. The Morgan fingerprint density at radius 1 is 1.37 bits per heavy atom. The van der Waals surface area contributed by atoms with Gasteiger partial charge in [0.15, 0.2) is 5.69 Å². The lowest BCUT2D eigenvalue weighted by Gasteiger charge is -1.95. The minimum atomic E-state index is -0.453. The molecule has 0 radical (unpaired) electrons. The van der Waals surface area contributed by atoms with Crippen LogP contribution in [0.15, 0.2) is 28.7 Å². The molecule has 0 bridgehead atoms. The number of ether oxygens (including phenoxy) is 1. The zero-order chi connectivity index (χ0) is 13.4. The second kappa shape index (κ2) is 4.70. The van der Waals surface area contributed by atoms with E-state index in [1.807, 2.05) is 12.1 Å². The summed E-state index contributed by atoms with van der Waals surface area (Å²) in [6.07, 6.45) is 2.05. The highest BCUT2D eigenvalue weighted by atomic mass is 35.5. The molecule has 0 N–H and O–H groups in total. The van der Waals surface area contributed by atoms with E-state index in [0.29, 0.717) is 22.6 Å². The quantitative estimate of drug-likeness (QED) is 0.804. The second-order valence-electron chi connectivity index (χ2n) is 4.50. The highest BCUT2D eigenvalue weighted by Crippen LogP contribution is 2.43. The van der Waals surface area contributed by atoms with Gasteiger partial charge in [0.05, 0.1) is 7.11 Å². The first-order valence-corrected chi connectivity index (χ1v) is 6.42. The predicted molar refractivity (Wildman–Crippen MR) is 70.3 cm³/mol. The third kappa shape index (κ3) is 2.36. The molecule has 4 nitrogen and oxygen atoms in total. The van der Waals surface area contributed by atoms with Crippen molar-refractivity contribution >= 4 is 17.6 Å². The fraction of sp³-hybridized carbons (Fsp3) is 0.286. The molecular formula is C14H12ClNO3. The van der Waals surface area contributed by atoms with E-state index in [2.05, 4.69) is 4.98 Å². The van der Waals surface area contributed by atoms with E-state index in [1.54, 1.807) is 12.1 Å². The number of methoxy groups -OCH3 is 1. The highest BCUT2D eigenvalue weighted by Gasteiger charge is 2.34. The lowest BCUT2D eigenvalue weighted by molar-refractivity contribution is 0.0592. The summed E-state index contributed by atoms with van der Waals surface area (Å²) in [6.45, 7) is 0. The Labute approximate surface area is 115 Å². The van der Waals surface area contributed by atoms with Gasteiger partial charge in [0.2, 0.25) is 5.89 Å². The minimum Gasteiger partial charge on any atom is -0.464 e. The number of hydrogen-bond donors (Lipinski definition) is 0. The molecule has 1 saturated carbocycles. The Morgan fingerprint density at radius 3 is 2.63 bits per heavy atom. The molecule has 0 spiro atoms. The van der Waals surface area contributed by atoms with Crippen LogP contribution in [0.3, 0.4) is 0 Å². The van der Waals surface area contributed by atoms with Gasteiger partial charge in [-0.3, -0.25) is 0 Å². The van der Waals surface area contributed by atoms with Gasteiger partial charge in [0.25, 0.3) is 0 Å². The van der Waals surface area contributed by atoms with E-state index < -0.39 is 5.97 Å². The smallest absolute Gasteiger partial charge is 0.360 e. The van der Waals surface area contributed by atoms with Gasteiger partial charge < -0.3 is 9.15 Å². The summed E-state index contributed by atoms with van der Waals surface area (Å²) in [6, 6.07) is 7.14. The number of benzene rings is 1. The van der Waals surface area contributed by atoms with Gasteiger partial charge in [-0.15, -0.1) is 0 Å². The Hall–Kier alpha value is -1.81. The summed E-state index contributed by atoms with van der Waals surface area (Å²) in [7, 11) is 1.34. The monoisotopic (exact) mass is 277 g/mol. The zero-order valence-electron chi connectivity index (χ0n) is 10.4. The molecule has 0 amide bonds. The molecule has 19 heavy (non-hydrogen) atoms. The molecule has 1 aliphatic rings. The average molecular weight is 278 g/mol. The summed E-state index contributed by atoms with van der Waals surface area (Å²) in [4.78, 5) is 16.0. The molecule has 2 aromatic rings. The van der Waals surface area contributed by atoms with Gasteiger partial charge in [-0.2, -0.15) is 0 Å². The van der Waals surface area contributed by atoms with Gasteiger partial charge in [0.1, 0.15) is 5.76 Å². The molecular weight excluding hydrogens is 266 g/mol. The van der Waals surface area contributed by atoms with E-state index >= 15 is 0 Å². The van der Waals surface area contributed by atoms with E-state index in [-0.39, 0.29) is 5.69 Å². The summed E-state index contributed by atoms with van der Waals surface area (Å²) in [5.74, 6) is 0.907. The first-order chi connectivity index (χ1) is 9.19. The van der Waals surface area contributed by atoms with Crippen molar-refractivity contribution in [3.63, 3.8) is 0 Å². The van der Waals surface area contributed by atoms with E-state index in [9.17, 15) is 4.79 Å². The Morgan fingerprint density at radius 2 is 2.05 bits per heavy atom. The Balaban J connectivity index is 2.02. The van der Waals surface area contributed by atoms with E-state index in [1.165, 1.54) is 7.11 Å². The van der Waals surface area contributed by atoms with Crippen LogP contribution >= 0.6 is 11.6 Å². The number of oxazole rings is 1. The molecule has 1 fully saturated rings. The number of aromatic nitrogens is 1. The van der Waals surface area contributed by atoms with Crippen LogP contribution in [0.25, 0.3) is 11.5 Å². The van der Waals surface area contributed by atoms with Crippen molar-refractivity contribution in [2.45, 2.75) is 18.8 Å². The van der Waals surface area contributed by atoms with Crippen LogP contribution < -0.4 is 0 Å². The van der Waals surface area contributed by atoms with Gasteiger partial charge >= 0.3 is 5.97 Å². The SMILES string of the molecule is COC(=O)c1nc(-c2ccc(Cl)cc2)oc1C1CC1. The Bertz CT molecular complexity index is 614. The number of halogens is 1. The summed E-state index contributed by atoms with van der Waals surface area (Å²) >= 11 is 5.84. The highest BCUT2D eigenvalue weighted by molar-refractivity contribution is 6.30. The van der Waals surface area contributed by atoms with E-state index in [0.717, 1.165) is 18.4 Å². The van der Waals surface area contributed by atoms with Crippen molar-refractivity contribution in [1.82, 2.24) is 4.98 Å². The predicted octanol–water partition coefficient (Wildman–Crippen LogP) is 3.66. The largest absolute Gasteiger partial charge is 0.464 e. The van der Waals surface area contributed by atoms with Crippen LogP contribution in [-0.4, -0.2) is 18.1 Å². The molecule has 5 heteroatoms. The standard InChI is InChI=1S/C14H12ClNO3/c1-18-14(17)11-12(8-2-3-8)19-13(16-11)9-4-6-10(15)7-5-9/h4-8H,2-3H2,1H3. The van der Waals surface area contributed by atoms with Crippen LogP contribution in [0.2, 0.25) is 5.02 Å². The fourth-order valence-corrected chi connectivity index (χ4v) is 2.04. The van der Waals surface area contributed by atoms with Crippen molar-refractivity contribution in [3.05, 3.63) is 40.7 Å². The molecule has 98 valence electrons. The van der Waals surface area contributed by atoms with Crippen LogP contribution in [0.1, 0.15) is 35.0 Å². The summed E-state index contributed by atoms with van der Waals surface area (Å²) < 4.78 is 10.5. The third-order valence-corrected chi connectivity index (χ3v) is 3.32. The first kappa shape index (κ1) is 12.2.